The van der Waals surface area contributed by atoms with Crippen LogP contribution < -0.4 is 20.1 Å². The van der Waals surface area contributed by atoms with Gasteiger partial charge in [0, 0.05) is 18.3 Å². The average Bonchev–Trinajstić information content (AvgIpc) is 3.17. The van der Waals surface area contributed by atoms with Crippen LogP contribution in [-0.2, 0) is 6.54 Å². The van der Waals surface area contributed by atoms with Crippen LogP contribution in [0, 0.1) is 13.8 Å². The fraction of sp³-hybridized carbons (Fsp3) is 0.190. The van der Waals surface area contributed by atoms with E-state index in [2.05, 4.69) is 20.6 Å². The van der Waals surface area contributed by atoms with Gasteiger partial charge in [0.25, 0.3) is 5.91 Å². The highest BCUT2D eigenvalue weighted by molar-refractivity contribution is 6.03. The highest BCUT2D eigenvalue weighted by Crippen LogP contribution is 2.32. The summed E-state index contributed by atoms with van der Waals surface area (Å²) < 4.78 is 10.7. The third kappa shape index (κ3) is 3.88. The second-order valence-corrected chi connectivity index (χ2v) is 6.60. The van der Waals surface area contributed by atoms with Gasteiger partial charge in [-0.2, -0.15) is 0 Å². The first kappa shape index (κ1) is 17.8. The van der Waals surface area contributed by atoms with Crippen molar-refractivity contribution in [2.24, 2.45) is 0 Å². The molecule has 0 aliphatic carbocycles. The number of amides is 1. The minimum Gasteiger partial charge on any atom is -0.454 e. The van der Waals surface area contributed by atoms with Crippen molar-refractivity contribution in [2.45, 2.75) is 20.4 Å². The lowest BCUT2D eigenvalue weighted by atomic mass is 10.1. The smallest absolute Gasteiger partial charge is 0.274 e. The second kappa shape index (κ2) is 7.56. The molecule has 0 unspecified atom stereocenters. The number of anilines is 2. The molecule has 4 rings (SSSR count). The molecule has 1 amide bonds. The first-order chi connectivity index (χ1) is 13.6. The number of hydrogen-bond donors (Lipinski definition) is 2. The number of benzene rings is 2. The van der Waals surface area contributed by atoms with Crippen LogP contribution in [0.2, 0.25) is 0 Å². The number of ether oxygens (including phenoxy) is 2. The Morgan fingerprint density at radius 1 is 1.04 bits per heavy atom. The summed E-state index contributed by atoms with van der Waals surface area (Å²) in [4.78, 5) is 20.9. The van der Waals surface area contributed by atoms with Gasteiger partial charge in [-0.1, -0.05) is 18.2 Å². The number of aryl methyl sites for hydroxylation is 2. The molecule has 0 atom stereocenters. The number of nitrogens with one attached hydrogen (secondary N) is 2. The van der Waals surface area contributed by atoms with Crippen molar-refractivity contribution in [3.8, 4) is 11.5 Å². The van der Waals surface area contributed by atoms with E-state index in [0.717, 1.165) is 33.9 Å². The zero-order chi connectivity index (χ0) is 19.5. The van der Waals surface area contributed by atoms with E-state index in [1.165, 1.54) is 6.33 Å². The molecule has 142 valence electrons. The number of carbonyl (C=O) groups excluding carboxylic acids is 1. The molecule has 1 aliphatic rings. The number of fused-ring (bicyclic) bond motifs is 1. The predicted octanol–water partition coefficient (Wildman–Crippen LogP) is 3.69. The molecule has 0 radical (unpaired) electrons. The van der Waals surface area contributed by atoms with Crippen molar-refractivity contribution in [1.82, 2.24) is 9.97 Å². The van der Waals surface area contributed by atoms with Crippen molar-refractivity contribution in [2.75, 3.05) is 17.4 Å². The molecule has 2 heterocycles. The molecule has 2 aromatic carbocycles. The summed E-state index contributed by atoms with van der Waals surface area (Å²) in [5.41, 5.74) is 4.16. The van der Waals surface area contributed by atoms with E-state index in [1.54, 1.807) is 6.07 Å². The van der Waals surface area contributed by atoms with Crippen molar-refractivity contribution < 1.29 is 14.3 Å². The summed E-state index contributed by atoms with van der Waals surface area (Å²) in [6, 6.07) is 13.3. The molecular weight excluding hydrogens is 356 g/mol. The Balaban J connectivity index is 1.43. The Morgan fingerprint density at radius 2 is 1.89 bits per heavy atom. The number of hydrogen-bond acceptors (Lipinski definition) is 6. The maximum atomic E-state index is 12.6. The number of carbonyl (C=O) groups is 1. The highest BCUT2D eigenvalue weighted by atomic mass is 16.7. The van der Waals surface area contributed by atoms with Gasteiger partial charge in [-0.3, -0.25) is 4.79 Å². The molecular formula is C21H20N4O3. The van der Waals surface area contributed by atoms with Gasteiger partial charge in [0.15, 0.2) is 11.5 Å². The molecule has 1 aliphatic heterocycles. The maximum absolute atomic E-state index is 12.6. The Bertz CT molecular complexity index is 1040. The van der Waals surface area contributed by atoms with Gasteiger partial charge < -0.3 is 20.1 Å². The molecule has 28 heavy (non-hydrogen) atoms. The molecule has 0 saturated heterocycles. The zero-order valence-corrected chi connectivity index (χ0v) is 15.7. The van der Waals surface area contributed by atoms with Crippen molar-refractivity contribution in [3.05, 3.63) is 71.2 Å². The fourth-order valence-corrected chi connectivity index (χ4v) is 2.88. The SMILES string of the molecule is Cc1ccc(C)c(NC(=O)c2cc(NCc3ccc4c(c3)OCO4)ncn2)c1. The lowest BCUT2D eigenvalue weighted by Gasteiger charge is -2.10. The van der Waals surface area contributed by atoms with E-state index in [-0.39, 0.29) is 12.7 Å². The molecule has 0 fully saturated rings. The minimum atomic E-state index is -0.276. The fourth-order valence-electron chi connectivity index (χ4n) is 2.88. The molecule has 2 N–H and O–H groups in total. The van der Waals surface area contributed by atoms with Gasteiger partial charge in [-0.25, -0.2) is 9.97 Å². The van der Waals surface area contributed by atoms with Crippen molar-refractivity contribution in [1.29, 1.82) is 0 Å². The molecule has 0 saturated carbocycles. The minimum absolute atomic E-state index is 0.247. The van der Waals surface area contributed by atoms with Crippen LogP contribution in [0.1, 0.15) is 27.2 Å². The Morgan fingerprint density at radius 3 is 2.79 bits per heavy atom. The molecule has 1 aromatic heterocycles. The Hall–Kier alpha value is -3.61. The highest BCUT2D eigenvalue weighted by Gasteiger charge is 2.14. The maximum Gasteiger partial charge on any atom is 0.274 e. The van der Waals surface area contributed by atoms with Gasteiger partial charge >= 0.3 is 0 Å². The van der Waals surface area contributed by atoms with E-state index in [1.807, 2.05) is 50.2 Å². The number of rotatable bonds is 5. The van der Waals surface area contributed by atoms with Crippen LogP contribution in [0.3, 0.4) is 0 Å². The topological polar surface area (TPSA) is 85.4 Å². The van der Waals surface area contributed by atoms with Crippen LogP contribution in [0.5, 0.6) is 11.5 Å². The quantitative estimate of drug-likeness (QED) is 0.706. The third-order valence-electron chi connectivity index (χ3n) is 4.45. The second-order valence-electron chi connectivity index (χ2n) is 6.60. The van der Waals surface area contributed by atoms with Gasteiger partial charge in [-0.05, 0) is 48.7 Å². The van der Waals surface area contributed by atoms with Gasteiger partial charge in [0.1, 0.15) is 17.8 Å². The van der Waals surface area contributed by atoms with Gasteiger partial charge in [-0.15, -0.1) is 0 Å². The van der Waals surface area contributed by atoms with Crippen molar-refractivity contribution >= 4 is 17.4 Å². The van der Waals surface area contributed by atoms with Crippen LogP contribution in [0.15, 0.2) is 48.8 Å². The summed E-state index contributed by atoms with van der Waals surface area (Å²) >= 11 is 0. The molecule has 0 bridgehead atoms. The standard InChI is InChI=1S/C21H20N4O3/c1-13-3-4-14(2)16(7-13)25-21(26)17-9-20(24-11-23-17)22-10-15-5-6-18-19(8-15)28-12-27-18/h3-9,11H,10,12H2,1-2H3,(H,25,26)(H,22,23,24). The first-order valence-electron chi connectivity index (χ1n) is 8.91. The number of aromatic nitrogens is 2. The summed E-state index contributed by atoms with van der Waals surface area (Å²) in [6.45, 7) is 4.72. The van der Waals surface area contributed by atoms with Crippen molar-refractivity contribution in [3.63, 3.8) is 0 Å². The summed E-state index contributed by atoms with van der Waals surface area (Å²) in [5, 5.41) is 6.11. The van der Waals surface area contributed by atoms with E-state index in [9.17, 15) is 4.79 Å². The summed E-state index contributed by atoms with van der Waals surface area (Å²) in [5.74, 6) is 1.77. The van der Waals surface area contributed by atoms with E-state index in [0.29, 0.717) is 18.1 Å². The van der Waals surface area contributed by atoms with Gasteiger partial charge in [0.05, 0.1) is 0 Å². The number of nitrogens with zero attached hydrogens (tertiary/aromatic N) is 2. The first-order valence-corrected chi connectivity index (χ1v) is 8.91. The molecule has 7 nitrogen and oxygen atoms in total. The molecule has 7 heteroatoms. The lowest BCUT2D eigenvalue weighted by Crippen LogP contribution is -2.15. The third-order valence-corrected chi connectivity index (χ3v) is 4.45. The van der Waals surface area contributed by atoms with E-state index < -0.39 is 0 Å². The Labute approximate surface area is 162 Å². The monoisotopic (exact) mass is 376 g/mol. The van der Waals surface area contributed by atoms with Crippen LogP contribution in [0.25, 0.3) is 0 Å². The summed E-state index contributed by atoms with van der Waals surface area (Å²) in [7, 11) is 0. The summed E-state index contributed by atoms with van der Waals surface area (Å²) in [6.07, 6.45) is 1.37. The van der Waals surface area contributed by atoms with Crippen LogP contribution in [0.4, 0.5) is 11.5 Å². The van der Waals surface area contributed by atoms with Crippen LogP contribution in [-0.4, -0.2) is 22.7 Å². The largest absolute Gasteiger partial charge is 0.454 e. The van der Waals surface area contributed by atoms with Crippen LogP contribution >= 0.6 is 0 Å². The Kier molecular flexibility index (Phi) is 4.80. The van der Waals surface area contributed by atoms with E-state index in [4.69, 9.17) is 9.47 Å². The molecule has 0 spiro atoms. The molecule has 3 aromatic rings. The normalized spacial score (nSPS) is 11.9. The van der Waals surface area contributed by atoms with E-state index >= 15 is 0 Å². The average molecular weight is 376 g/mol. The lowest BCUT2D eigenvalue weighted by molar-refractivity contribution is 0.102. The van der Waals surface area contributed by atoms with Gasteiger partial charge in [0.2, 0.25) is 6.79 Å². The predicted molar refractivity (Wildman–Crippen MR) is 106 cm³/mol. The zero-order valence-electron chi connectivity index (χ0n) is 15.7.